The van der Waals surface area contributed by atoms with Crippen LogP contribution < -0.4 is 55.4 Å². The number of anilines is 8. The lowest BCUT2D eigenvalue weighted by Crippen LogP contribution is -2.41. The molecule has 5 aromatic carbocycles. The summed E-state index contributed by atoms with van der Waals surface area (Å²) in [6, 6.07) is 27.5. The Morgan fingerprint density at radius 1 is 0.457 bits per heavy atom. The SMILES string of the molecule is C.C.CC1(C)OB(B2OC(C)(C)C(C)(C)O2)OC1(C)C.CI.CN(C)CCN.CN(C)CCNc1cc(F)cc(-c2ccnc(N)c2N)c1.CN(C)CCNc1cc(F)cc(-c2ccnc([N+](=O)[O-])c2N)c1.CN(C)CCNc1cc(F)cc(B2OC(C)(C)C(C)(C)O2)c1.CN(C)CCNc1cc(F)cc(Br)c1.CO.IC(I)I.ICI.Nc1nccc(Br)c1[N+](=O)[O-].O=Cc1cc(F)cc(Br)c1. The minimum Gasteiger partial charge on any atom is -0.405 e. The number of hydrogen-bond acceptors (Lipinski definition) is 29. The number of nitrogens with two attached hydrogens (primary N) is 5. The fraction of sp³-hybridized carbons (Fsp3) is 0.489. The second-order valence-electron chi connectivity index (χ2n) is 33.7. The van der Waals surface area contributed by atoms with Gasteiger partial charge in [0.25, 0.3) is 0 Å². The van der Waals surface area contributed by atoms with Crippen LogP contribution >= 0.6 is 183 Å². The topological polar surface area (TPSA) is 412 Å². The van der Waals surface area contributed by atoms with E-state index in [9.17, 15) is 47.0 Å². The molecule has 3 aromatic heterocycles. The van der Waals surface area contributed by atoms with Crippen LogP contribution in [0.15, 0.2) is 141 Å². The number of rotatable bonds is 25. The molecular formula is C90H140B3Br3F5I6N19O12. The number of alkyl halides is 6. The summed E-state index contributed by atoms with van der Waals surface area (Å²) in [5.74, 6) is -1.97. The predicted octanol–water partition coefficient (Wildman–Crippen LogP) is 20.8. The van der Waals surface area contributed by atoms with Crippen LogP contribution in [0, 0.1) is 49.3 Å². The fourth-order valence-electron chi connectivity index (χ4n) is 11.0. The van der Waals surface area contributed by atoms with Crippen LogP contribution in [0.3, 0.4) is 0 Å². The lowest BCUT2D eigenvalue weighted by Gasteiger charge is -2.32. The van der Waals surface area contributed by atoms with Crippen molar-refractivity contribution in [2.45, 2.75) is 131 Å². The monoisotopic (exact) mass is 2810 g/mol. The number of nitrogen functional groups attached to an aromatic ring is 4. The minimum atomic E-state index is -0.658. The molecule has 774 valence electrons. The number of carbonyl (C=O) groups is 1. The molecule has 3 fully saturated rings. The molecule has 31 nitrogen and oxygen atoms in total. The Morgan fingerprint density at radius 3 is 1.07 bits per heavy atom. The first-order valence-corrected chi connectivity index (χ1v) is 53.1. The van der Waals surface area contributed by atoms with Gasteiger partial charge in [-0.25, -0.2) is 31.9 Å². The van der Waals surface area contributed by atoms with Crippen LogP contribution in [0.4, 0.5) is 79.2 Å². The number of carbonyl (C=O) groups excluding carboxylic acids is 1. The van der Waals surface area contributed by atoms with Crippen molar-refractivity contribution in [2.24, 2.45) is 5.73 Å². The normalized spacial score (nSPS) is 14.2. The van der Waals surface area contributed by atoms with Crippen molar-refractivity contribution in [1.29, 1.82) is 0 Å². The summed E-state index contributed by atoms with van der Waals surface area (Å²) in [6.45, 7) is 32.3. The Labute approximate surface area is 922 Å². The third-order valence-corrected chi connectivity index (χ3v) is 21.4. The van der Waals surface area contributed by atoms with E-state index in [-0.39, 0.29) is 77.7 Å². The Balaban J connectivity index is -0.00000151. The van der Waals surface area contributed by atoms with Crippen LogP contribution in [0.25, 0.3) is 22.3 Å². The molecule has 0 saturated carbocycles. The largest absolute Gasteiger partial charge is 0.495 e. The molecular weight excluding hydrogens is 2670 g/mol. The fourth-order valence-corrected chi connectivity index (χ4v) is 12.4. The Morgan fingerprint density at radius 2 is 0.761 bits per heavy atom. The second-order valence-corrected chi connectivity index (χ2v) is 51.7. The highest BCUT2D eigenvalue weighted by atomic mass is 127. The van der Waals surface area contributed by atoms with Crippen LogP contribution in [-0.2, 0) is 27.9 Å². The van der Waals surface area contributed by atoms with Crippen molar-refractivity contribution >= 4 is 273 Å². The van der Waals surface area contributed by atoms with Gasteiger partial charge in [0.2, 0.25) is 5.82 Å². The second kappa shape index (κ2) is 68.8. The van der Waals surface area contributed by atoms with Crippen molar-refractivity contribution in [2.75, 3.05) is 195 Å². The van der Waals surface area contributed by atoms with Crippen molar-refractivity contribution in [3.05, 3.63) is 196 Å². The van der Waals surface area contributed by atoms with E-state index in [1.807, 2.05) is 182 Å². The quantitative estimate of drug-likeness (QED) is 0.00483. The van der Waals surface area contributed by atoms with Crippen LogP contribution in [0.5, 0.6) is 0 Å². The number of nitrogens with one attached hydrogen (secondary N) is 4. The van der Waals surface area contributed by atoms with Crippen molar-refractivity contribution in [1.82, 2.24) is 39.5 Å². The van der Waals surface area contributed by atoms with Crippen LogP contribution in [0.2, 0.25) is 0 Å². The van der Waals surface area contributed by atoms with Gasteiger partial charge in [0.05, 0.1) is 46.7 Å². The zero-order valence-corrected chi connectivity index (χ0v) is 99.1. The first kappa shape index (κ1) is 138. The molecule has 48 heteroatoms. The molecule has 3 saturated heterocycles. The molecule has 8 aromatic rings. The number of nitrogens with zero attached hydrogens (tertiary/aromatic N) is 10. The summed E-state index contributed by atoms with van der Waals surface area (Å²) in [7, 11) is 19.4. The third kappa shape index (κ3) is 52.1. The maximum Gasteiger partial charge on any atom is 0.495 e. The average Bonchev–Trinajstić information content (AvgIpc) is 1.59. The summed E-state index contributed by atoms with van der Waals surface area (Å²) in [6.07, 6.45) is 4.85. The lowest BCUT2D eigenvalue weighted by molar-refractivity contribution is -0.388. The van der Waals surface area contributed by atoms with Gasteiger partial charge >= 0.3 is 32.6 Å². The summed E-state index contributed by atoms with van der Waals surface area (Å²) < 4.78 is 106. The Hall–Kier alpha value is -4.44. The predicted molar refractivity (Wildman–Crippen MR) is 626 cm³/mol. The molecule has 0 radical (unpaired) electrons. The molecule has 0 spiro atoms. The van der Waals surface area contributed by atoms with E-state index in [1.54, 1.807) is 24.4 Å². The number of halogens is 14. The Bertz CT molecular complexity index is 4780. The van der Waals surface area contributed by atoms with Crippen LogP contribution in [0.1, 0.15) is 108 Å². The maximum atomic E-state index is 13.9. The van der Waals surface area contributed by atoms with E-state index >= 15 is 0 Å². The first-order valence-electron chi connectivity index (χ1n) is 41.7. The minimum absolute atomic E-state index is 0. The van der Waals surface area contributed by atoms with Gasteiger partial charge < -0.3 is 118 Å². The standard InChI is InChI=1S/C16H26BFN2O2.C15H18FN5O2.C15H20FN5.C12H24B2O4.C10H14BrFN2.C7H4BrFO.C5H4BrN3O2.C4H12N2.CHI3.CH2I2.CH3I.CH4O.2CH4/c1-15(2)16(3,4)22-17(21-15)12-9-13(18)11-14(10-12)19-7-8-20(5)6;1-20(2)6-5-18-12-8-10(7-11(16)9-12)13-3-4-19-15(14(13)17)21(22)23;1-21(2)6-5-19-12-8-10(7-11(16)9-12)13-3-4-20-15(18)14(13)17;1-9(2)10(3,4)16-13(15-9)14-17-11(5,6)12(7,8)18-14;1-14(2)4-3-13-10-6-8(11)5-9(12)7-10;8-6-1-5(4-10)2-7(9)3-6;6-3-1-2-8-5(7)4(3)9(10)11;1-6(2)4-3-5;2-1(3)4;2-1-3;2*1-2;;/h9-11,19H,7-8H2,1-6H3;3-4,7-9,18H,5-6,17H2,1-2H3;3-4,7-9,19H,5-6,17H2,1-2H3,(H2,18,20);1-8H3;5-7,13H,3-4H2,1-2H3;1-4H;1-2H,(H2,7,8);3-5H2,1-2H3;1H;1H2;1H3;2H,1H3;2*1H4. The van der Waals surface area contributed by atoms with E-state index in [0.29, 0.717) is 72.1 Å². The molecule has 0 amide bonds. The number of hydrogen-bond donors (Lipinski definition) is 10. The van der Waals surface area contributed by atoms with E-state index in [2.05, 4.69) is 239 Å². The smallest absolute Gasteiger partial charge is 0.405 e. The lowest BCUT2D eigenvalue weighted by atomic mass is 9.49. The summed E-state index contributed by atoms with van der Waals surface area (Å²) in [4.78, 5) is 53.4. The van der Waals surface area contributed by atoms with Gasteiger partial charge in [-0.1, -0.05) is 182 Å². The van der Waals surface area contributed by atoms with E-state index in [0.717, 1.165) is 81.8 Å². The molecule has 0 unspecified atom stereocenters. The number of aromatic nitrogens is 3. The molecule has 6 heterocycles. The van der Waals surface area contributed by atoms with Gasteiger partial charge in [-0.15, -0.1) is 0 Å². The van der Waals surface area contributed by atoms with Gasteiger partial charge in [-0.2, -0.15) is 0 Å². The van der Waals surface area contributed by atoms with E-state index < -0.39 is 59.6 Å². The number of pyridine rings is 3. The van der Waals surface area contributed by atoms with Gasteiger partial charge in [-0.05, 0) is 310 Å². The zero-order chi connectivity index (χ0) is 105. The highest BCUT2D eigenvalue weighted by molar-refractivity contribution is 14.3. The van der Waals surface area contributed by atoms with Gasteiger partial charge in [0.15, 0.2) is 0 Å². The van der Waals surface area contributed by atoms with Crippen molar-refractivity contribution in [3.63, 3.8) is 0 Å². The number of likely N-dealkylation sites (N-methyl/N-ethyl adjacent to an activating group) is 5. The zero-order valence-electron chi connectivity index (χ0n) is 81.4. The molecule has 0 bridgehead atoms. The number of benzene rings is 5. The maximum absolute atomic E-state index is 13.9. The highest BCUT2D eigenvalue weighted by Gasteiger charge is 2.64. The van der Waals surface area contributed by atoms with Crippen molar-refractivity contribution < 1.29 is 69.6 Å². The van der Waals surface area contributed by atoms with Gasteiger partial charge in [0, 0.05) is 133 Å². The Kier molecular flexibility index (Phi) is 68.7. The summed E-state index contributed by atoms with van der Waals surface area (Å²) in [5.41, 5.74) is 31.7. The number of nitro groups is 2. The molecule has 138 heavy (non-hydrogen) atoms. The third-order valence-electron chi connectivity index (χ3n) is 19.9. The molecule has 3 aliphatic rings. The summed E-state index contributed by atoms with van der Waals surface area (Å²) in [5, 5.41) is 40.9. The number of aliphatic hydroxyl groups is 1. The molecule has 3 aliphatic heterocycles. The molecule has 15 N–H and O–H groups in total. The average molecular weight is 2810 g/mol. The molecule has 0 atom stereocenters. The number of aliphatic hydroxyl groups excluding tert-OH is 1. The van der Waals surface area contributed by atoms with Crippen molar-refractivity contribution in [3.8, 4) is 22.3 Å². The highest BCUT2D eigenvalue weighted by Crippen LogP contribution is 2.44. The summed E-state index contributed by atoms with van der Waals surface area (Å²) >= 11 is 22.9. The number of aldehydes is 1. The van der Waals surface area contributed by atoms with Gasteiger partial charge in [-0.3, -0.25) is 14.9 Å². The van der Waals surface area contributed by atoms with Gasteiger partial charge in [0.1, 0.15) is 57.5 Å². The molecule has 0 aliphatic carbocycles. The van der Waals surface area contributed by atoms with E-state index in [1.165, 1.54) is 87.6 Å². The first-order chi connectivity index (χ1) is 63.2. The molecule has 11 rings (SSSR count). The van der Waals surface area contributed by atoms with E-state index in [4.69, 9.17) is 61.7 Å². The van der Waals surface area contributed by atoms with Crippen LogP contribution in [-0.4, -0.2) is 266 Å².